The Hall–Kier alpha value is -3.79. The molecule has 0 radical (unpaired) electrons. The topological polar surface area (TPSA) is 98.6 Å². The van der Waals surface area contributed by atoms with Crippen molar-refractivity contribution in [2.24, 2.45) is 0 Å². The molecule has 0 spiro atoms. The Morgan fingerprint density at radius 3 is 2.57 bits per heavy atom. The van der Waals surface area contributed by atoms with Crippen molar-refractivity contribution in [2.75, 3.05) is 19.8 Å². The number of hydrogen-bond acceptors (Lipinski definition) is 7. The van der Waals surface area contributed by atoms with Crippen LogP contribution in [0, 0.1) is 11.6 Å². The highest BCUT2D eigenvalue weighted by Crippen LogP contribution is 2.29. The normalized spacial score (nSPS) is 11.2. The number of tetrazole rings is 1. The number of halogens is 2. The molecule has 0 saturated carbocycles. The van der Waals surface area contributed by atoms with Crippen molar-refractivity contribution in [3.63, 3.8) is 0 Å². The number of nitrogens with zero attached hydrogens (tertiary/aromatic N) is 7. The molecule has 30 heavy (non-hydrogen) atoms. The molecule has 0 amide bonds. The lowest BCUT2D eigenvalue weighted by Gasteiger charge is -2.11. The summed E-state index contributed by atoms with van der Waals surface area (Å²) in [5.74, 6) is -1.76. The molecule has 0 bridgehead atoms. The van der Waals surface area contributed by atoms with E-state index in [9.17, 15) is 8.78 Å². The van der Waals surface area contributed by atoms with Crippen LogP contribution in [0.3, 0.4) is 0 Å². The predicted molar refractivity (Wildman–Crippen MR) is 107 cm³/mol. The van der Waals surface area contributed by atoms with Gasteiger partial charge in [-0.05, 0) is 48.8 Å². The third-order valence-electron chi connectivity index (χ3n) is 4.42. The van der Waals surface area contributed by atoms with Crippen LogP contribution in [0.1, 0.15) is 5.69 Å². The zero-order valence-electron chi connectivity index (χ0n) is 16.3. The van der Waals surface area contributed by atoms with Crippen LogP contribution in [0.2, 0.25) is 0 Å². The van der Waals surface area contributed by atoms with Gasteiger partial charge in [0, 0.05) is 30.1 Å². The summed E-state index contributed by atoms with van der Waals surface area (Å²) in [6, 6.07) is 9.36. The first-order chi connectivity index (χ1) is 14.4. The molecule has 3 heterocycles. The number of aromatic nitrogens is 6. The van der Waals surface area contributed by atoms with E-state index in [0.29, 0.717) is 5.56 Å². The SMILES string of the molecule is CN(C)Cc1ccc(-c2cnc(N)c(-c3nnnn3-c3cccc(F)c3F)c2)cn1. The van der Waals surface area contributed by atoms with Crippen molar-refractivity contribution in [1.29, 1.82) is 0 Å². The van der Waals surface area contributed by atoms with Crippen molar-refractivity contribution in [3.8, 4) is 28.2 Å². The second kappa shape index (κ2) is 7.91. The molecule has 4 rings (SSSR count). The second-order valence-electron chi connectivity index (χ2n) is 6.92. The number of nitrogens with two attached hydrogens (primary N) is 1. The standard InChI is InChI=1S/C20H18F2N8/c1-29(2)11-14-7-6-12(9-24-14)13-8-15(19(23)25-10-13)20-26-27-28-30(20)17-5-3-4-16(21)18(17)22/h3-10H,11H2,1-2H3,(H2,23,25). The second-order valence-corrected chi connectivity index (χ2v) is 6.92. The van der Waals surface area contributed by atoms with Gasteiger partial charge < -0.3 is 10.6 Å². The molecule has 0 fully saturated rings. The number of nitrogen functional groups attached to an aromatic ring is 1. The minimum absolute atomic E-state index is 0.130. The van der Waals surface area contributed by atoms with Gasteiger partial charge in [0.2, 0.25) is 0 Å². The number of hydrogen-bond donors (Lipinski definition) is 1. The lowest BCUT2D eigenvalue weighted by molar-refractivity contribution is 0.397. The van der Waals surface area contributed by atoms with E-state index < -0.39 is 11.6 Å². The van der Waals surface area contributed by atoms with E-state index in [2.05, 4.69) is 25.5 Å². The van der Waals surface area contributed by atoms with Crippen molar-refractivity contribution in [1.82, 2.24) is 35.1 Å². The summed E-state index contributed by atoms with van der Waals surface area (Å²) in [5.41, 5.74) is 8.78. The zero-order chi connectivity index (χ0) is 21.3. The van der Waals surface area contributed by atoms with Crippen molar-refractivity contribution in [3.05, 3.63) is 66.1 Å². The summed E-state index contributed by atoms with van der Waals surface area (Å²) in [5, 5.41) is 11.3. The molecule has 0 unspecified atom stereocenters. The average Bonchev–Trinajstić information content (AvgIpc) is 3.20. The van der Waals surface area contributed by atoms with E-state index in [0.717, 1.165) is 34.1 Å². The smallest absolute Gasteiger partial charge is 0.190 e. The zero-order valence-corrected chi connectivity index (χ0v) is 16.3. The number of benzene rings is 1. The lowest BCUT2D eigenvalue weighted by Crippen LogP contribution is -2.11. The Morgan fingerprint density at radius 2 is 1.83 bits per heavy atom. The van der Waals surface area contributed by atoms with Gasteiger partial charge in [0.25, 0.3) is 0 Å². The molecule has 8 nitrogen and oxygen atoms in total. The summed E-state index contributed by atoms with van der Waals surface area (Å²) < 4.78 is 29.1. The molecule has 0 aliphatic heterocycles. The van der Waals surface area contributed by atoms with E-state index >= 15 is 0 Å². The Balaban J connectivity index is 1.76. The van der Waals surface area contributed by atoms with Gasteiger partial charge in [0.15, 0.2) is 17.5 Å². The molecular weight excluding hydrogens is 390 g/mol. The quantitative estimate of drug-likeness (QED) is 0.542. The van der Waals surface area contributed by atoms with Gasteiger partial charge >= 0.3 is 0 Å². The van der Waals surface area contributed by atoms with Crippen molar-refractivity contribution in [2.45, 2.75) is 6.54 Å². The number of pyridine rings is 2. The Morgan fingerprint density at radius 1 is 1.03 bits per heavy atom. The highest BCUT2D eigenvalue weighted by molar-refractivity contribution is 5.76. The van der Waals surface area contributed by atoms with Crippen molar-refractivity contribution >= 4 is 5.82 Å². The molecule has 0 atom stereocenters. The van der Waals surface area contributed by atoms with Crippen LogP contribution in [0.15, 0.2) is 48.8 Å². The molecular formula is C20H18F2N8. The molecule has 10 heteroatoms. The van der Waals surface area contributed by atoms with Gasteiger partial charge in [-0.15, -0.1) is 5.10 Å². The molecule has 0 aliphatic rings. The van der Waals surface area contributed by atoms with Crippen LogP contribution >= 0.6 is 0 Å². The van der Waals surface area contributed by atoms with E-state index in [4.69, 9.17) is 5.73 Å². The van der Waals surface area contributed by atoms with E-state index in [1.54, 1.807) is 18.5 Å². The van der Waals surface area contributed by atoms with Crippen LogP contribution in [-0.2, 0) is 6.54 Å². The summed E-state index contributed by atoms with van der Waals surface area (Å²) in [6.07, 6.45) is 3.35. The fourth-order valence-corrected chi connectivity index (χ4v) is 3.00. The summed E-state index contributed by atoms with van der Waals surface area (Å²) >= 11 is 0. The maximum atomic E-state index is 14.3. The summed E-state index contributed by atoms with van der Waals surface area (Å²) in [6.45, 7) is 0.722. The molecule has 0 saturated heterocycles. The minimum Gasteiger partial charge on any atom is -0.383 e. The highest BCUT2D eigenvalue weighted by Gasteiger charge is 2.19. The monoisotopic (exact) mass is 408 g/mol. The maximum Gasteiger partial charge on any atom is 0.190 e. The number of anilines is 1. The van der Waals surface area contributed by atoms with Crippen LogP contribution < -0.4 is 5.73 Å². The largest absolute Gasteiger partial charge is 0.383 e. The van der Waals surface area contributed by atoms with E-state index in [1.165, 1.54) is 12.1 Å². The first-order valence-electron chi connectivity index (χ1n) is 9.02. The third kappa shape index (κ3) is 3.72. The highest BCUT2D eigenvalue weighted by atomic mass is 19.2. The molecule has 152 valence electrons. The van der Waals surface area contributed by atoms with Crippen molar-refractivity contribution < 1.29 is 8.78 Å². The average molecular weight is 408 g/mol. The van der Waals surface area contributed by atoms with Crippen LogP contribution in [0.25, 0.3) is 28.2 Å². The molecule has 2 N–H and O–H groups in total. The van der Waals surface area contributed by atoms with Gasteiger partial charge in [-0.2, -0.15) is 4.68 Å². The fraction of sp³-hybridized carbons (Fsp3) is 0.150. The third-order valence-corrected chi connectivity index (χ3v) is 4.42. The summed E-state index contributed by atoms with van der Waals surface area (Å²) in [7, 11) is 3.94. The Labute approximate surface area is 171 Å². The van der Waals surface area contributed by atoms with Gasteiger partial charge in [-0.3, -0.25) is 4.98 Å². The van der Waals surface area contributed by atoms with Crippen LogP contribution in [0.4, 0.5) is 14.6 Å². The first kappa shape index (κ1) is 19.5. The fourth-order valence-electron chi connectivity index (χ4n) is 3.00. The first-order valence-corrected chi connectivity index (χ1v) is 9.02. The molecule has 0 aliphatic carbocycles. The lowest BCUT2D eigenvalue weighted by atomic mass is 10.1. The van der Waals surface area contributed by atoms with E-state index in [-0.39, 0.29) is 17.3 Å². The summed E-state index contributed by atoms with van der Waals surface area (Å²) in [4.78, 5) is 10.7. The van der Waals surface area contributed by atoms with Gasteiger partial charge in [-0.1, -0.05) is 12.1 Å². The van der Waals surface area contributed by atoms with Gasteiger partial charge in [-0.25, -0.2) is 13.8 Å². The molecule has 1 aromatic carbocycles. The predicted octanol–water partition coefficient (Wildman–Crippen LogP) is 2.71. The Bertz CT molecular complexity index is 1190. The van der Waals surface area contributed by atoms with Crippen LogP contribution in [-0.4, -0.2) is 49.2 Å². The van der Waals surface area contributed by atoms with Gasteiger partial charge in [0.05, 0.1) is 11.3 Å². The van der Waals surface area contributed by atoms with Crippen LogP contribution in [0.5, 0.6) is 0 Å². The number of rotatable bonds is 5. The maximum absolute atomic E-state index is 14.3. The minimum atomic E-state index is -1.06. The molecule has 3 aromatic heterocycles. The Kier molecular flexibility index (Phi) is 5.15. The van der Waals surface area contributed by atoms with Gasteiger partial charge in [0.1, 0.15) is 11.5 Å². The van der Waals surface area contributed by atoms with E-state index in [1.807, 2.05) is 31.1 Å². The molecule has 4 aromatic rings.